The van der Waals surface area contributed by atoms with Gasteiger partial charge in [-0.3, -0.25) is 9.78 Å². The number of nitrogens with zero attached hydrogens (tertiary/aromatic N) is 1. The van der Waals surface area contributed by atoms with Gasteiger partial charge in [-0.2, -0.15) is 0 Å². The van der Waals surface area contributed by atoms with Gasteiger partial charge in [0.25, 0.3) is 0 Å². The van der Waals surface area contributed by atoms with Crippen LogP contribution in [-0.2, 0) is 19.0 Å². The summed E-state index contributed by atoms with van der Waals surface area (Å²) < 4.78 is 16.8. The number of pyridine rings is 1. The largest absolute Gasteiger partial charge is 0.376 e. The maximum atomic E-state index is 12.1. The molecule has 1 N–H and O–H groups in total. The summed E-state index contributed by atoms with van der Waals surface area (Å²) >= 11 is 0. The molecule has 23 heavy (non-hydrogen) atoms. The average molecular weight is 320 g/mol. The van der Waals surface area contributed by atoms with Gasteiger partial charge in [0.1, 0.15) is 12.7 Å². The van der Waals surface area contributed by atoms with Crippen molar-refractivity contribution in [1.82, 2.24) is 10.3 Å². The highest BCUT2D eigenvalue weighted by Crippen LogP contribution is 2.27. The average Bonchev–Trinajstić information content (AvgIpc) is 3.09. The zero-order valence-electron chi connectivity index (χ0n) is 13.3. The Labute approximate surface area is 136 Å². The van der Waals surface area contributed by atoms with Crippen molar-refractivity contribution in [2.24, 2.45) is 0 Å². The second-order valence-electron chi connectivity index (χ2n) is 6.04. The second-order valence-corrected chi connectivity index (χ2v) is 6.04. The Hall–Kier alpha value is -1.50. The second kappa shape index (κ2) is 8.38. The third-order valence-electron chi connectivity index (χ3n) is 4.26. The lowest BCUT2D eigenvalue weighted by Crippen LogP contribution is -2.44. The van der Waals surface area contributed by atoms with Gasteiger partial charge in [0.15, 0.2) is 0 Å². The van der Waals surface area contributed by atoms with Crippen molar-refractivity contribution in [2.45, 2.75) is 43.9 Å². The van der Waals surface area contributed by atoms with Crippen LogP contribution in [0.25, 0.3) is 0 Å². The zero-order valence-corrected chi connectivity index (χ0v) is 13.3. The van der Waals surface area contributed by atoms with Crippen LogP contribution < -0.4 is 5.32 Å². The molecule has 2 fully saturated rings. The Morgan fingerprint density at radius 3 is 2.78 bits per heavy atom. The lowest BCUT2D eigenvalue weighted by molar-refractivity contribution is -0.129. The van der Waals surface area contributed by atoms with Crippen molar-refractivity contribution in [2.75, 3.05) is 26.4 Å². The topological polar surface area (TPSA) is 69.7 Å². The van der Waals surface area contributed by atoms with Gasteiger partial charge < -0.3 is 19.5 Å². The van der Waals surface area contributed by atoms with Gasteiger partial charge in [-0.15, -0.1) is 0 Å². The molecule has 3 atom stereocenters. The van der Waals surface area contributed by atoms with Crippen LogP contribution >= 0.6 is 0 Å². The van der Waals surface area contributed by atoms with E-state index in [1.807, 2.05) is 12.1 Å². The maximum absolute atomic E-state index is 12.1. The molecule has 2 aliphatic rings. The maximum Gasteiger partial charge on any atom is 0.246 e. The summed E-state index contributed by atoms with van der Waals surface area (Å²) in [5, 5.41) is 3.04. The Bertz CT molecular complexity index is 491. The molecule has 0 aliphatic carbocycles. The zero-order chi connectivity index (χ0) is 15.9. The van der Waals surface area contributed by atoms with E-state index in [1.54, 1.807) is 12.4 Å². The van der Waals surface area contributed by atoms with Crippen LogP contribution in [0.5, 0.6) is 0 Å². The highest BCUT2D eigenvalue weighted by atomic mass is 16.5. The van der Waals surface area contributed by atoms with Gasteiger partial charge in [-0.05, 0) is 43.4 Å². The summed E-state index contributed by atoms with van der Waals surface area (Å²) in [4.78, 5) is 16.1. The van der Waals surface area contributed by atoms with E-state index < -0.39 is 0 Å². The molecule has 0 aromatic carbocycles. The van der Waals surface area contributed by atoms with E-state index in [-0.39, 0.29) is 30.8 Å². The molecule has 0 radical (unpaired) electrons. The minimum Gasteiger partial charge on any atom is -0.376 e. The summed E-state index contributed by atoms with van der Waals surface area (Å²) in [6.07, 6.45) is 7.47. The fourth-order valence-electron chi connectivity index (χ4n) is 3.12. The number of hydrogen-bond donors (Lipinski definition) is 1. The highest BCUT2D eigenvalue weighted by molar-refractivity contribution is 5.77. The smallest absolute Gasteiger partial charge is 0.246 e. The van der Waals surface area contributed by atoms with E-state index in [9.17, 15) is 4.79 Å². The molecule has 0 saturated carbocycles. The molecule has 0 spiro atoms. The van der Waals surface area contributed by atoms with Crippen LogP contribution in [0.2, 0.25) is 0 Å². The van der Waals surface area contributed by atoms with E-state index in [0.717, 1.165) is 44.5 Å². The molecule has 0 unspecified atom stereocenters. The Balaban J connectivity index is 1.47. The molecule has 6 heteroatoms. The van der Waals surface area contributed by atoms with Crippen molar-refractivity contribution < 1.29 is 19.0 Å². The van der Waals surface area contributed by atoms with Crippen molar-refractivity contribution in [3.63, 3.8) is 0 Å². The van der Waals surface area contributed by atoms with E-state index in [2.05, 4.69) is 10.3 Å². The molecule has 3 rings (SSSR count). The molecule has 6 nitrogen and oxygen atoms in total. The summed E-state index contributed by atoms with van der Waals surface area (Å²) in [6.45, 7) is 2.07. The van der Waals surface area contributed by atoms with Crippen LogP contribution in [-0.4, -0.2) is 49.5 Å². The first kappa shape index (κ1) is 16.4. The van der Waals surface area contributed by atoms with Crippen LogP contribution in [0.3, 0.4) is 0 Å². The Morgan fingerprint density at radius 1 is 1.22 bits per heavy atom. The number of aromatic nitrogens is 1. The third-order valence-corrected chi connectivity index (χ3v) is 4.26. The van der Waals surface area contributed by atoms with Crippen molar-refractivity contribution >= 4 is 5.91 Å². The number of nitrogens with one attached hydrogen (secondary N) is 1. The van der Waals surface area contributed by atoms with Crippen LogP contribution in [0, 0.1) is 0 Å². The first-order valence-electron chi connectivity index (χ1n) is 8.33. The van der Waals surface area contributed by atoms with E-state index in [1.165, 1.54) is 0 Å². The minimum absolute atomic E-state index is 0.0232. The summed E-state index contributed by atoms with van der Waals surface area (Å²) in [5.41, 5.74) is 1.05. The molecule has 1 aromatic heterocycles. The van der Waals surface area contributed by atoms with Gasteiger partial charge in [0, 0.05) is 25.6 Å². The molecule has 126 valence electrons. The van der Waals surface area contributed by atoms with Crippen molar-refractivity contribution in [3.05, 3.63) is 30.1 Å². The van der Waals surface area contributed by atoms with E-state index in [0.29, 0.717) is 6.61 Å². The molecule has 2 aliphatic heterocycles. The number of carbonyl (C=O) groups is 1. The van der Waals surface area contributed by atoms with Gasteiger partial charge >= 0.3 is 0 Å². The molecule has 3 heterocycles. The molecular formula is C17H24N2O4. The number of amides is 1. The lowest BCUT2D eigenvalue weighted by Gasteiger charge is -2.32. The quantitative estimate of drug-likeness (QED) is 0.862. The monoisotopic (exact) mass is 320 g/mol. The normalized spacial score (nSPS) is 27.7. The van der Waals surface area contributed by atoms with Gasteiger partial charge in [0.05, 0.1) is 18.8 Å². The summed E-state index contributed by atoms with van der Waals surface area (Å²) in [5.74, 6) is -0.0995. The molecule has 1 amide bonds. The van der Waals surface area contributed by atoms with Crippen LogP contribution in [0.15, 0.2) is 24.5 Å². The standard InChI is InChI=1S/C17H24N2O4/c20-16(12-21-11-14-3-1-9-22-14)19-15-4-2-10-23-17(15)13-5-7-18-8-6-13/h5-8,14-15,17H,1-4,9-12H2,(H,19,20)/t14-,15+,17-/m1/s1. The van der Waals surface area contributed by atoms with Crippen LogP contribution in [0.4, 0.5) is 0 Å². The first-order valence-corrected chi connectivity index (χ1v) is 8.33. The van der Waals surface area contributed by atoms with Crippen molar-refractivity contribution in [1.29, 1.82) is 0 Å². The predicted octanol–water partition coefficient (Wildman–Crippen LogP) is 1.61. The van der Waals surface area contributed by atoms with Gasteiger partial charge in [-0.25, -0.2) is 0 Å². The SMILES string of the molecule is O=C(COC[C@H]1CCCO1)N[C@H]1CCCO[C@@H]1c1ccncc1. The Morgan fingerprint density at radius 2 is 2.00 bits per heavy atom. The Kier molecular flexibility index (Phi) is 5.96. The third kappa shape index (κ3) is 4.73. The summed E-state index contributed by atoms with van der Waals surface area (Å²) in [7, 11) is 0. The number of ether oxygens (including phenoxy) is 3. The fourth-order valence-corrected chi connectivity index (χ4v) is 3.12. The molecule has 1 aromatic rings. The molecule has 2 saturated heterocycles. The highest BCUT2D eigenvalue weighted by Gasteiger charge is 2.28. The van der Waals surface area contributed by atoms with E-state index in [4.69, 9.17) is 14.2 Å². The number of hydrogen-bond acceptors (Lipinski definition) is 5. The predicted molar refractivity (Wildman–Crippen MR) is 83.9 cm³/mol. The van der Waals surface area contributed by atoms with Crippen molar-refractivity contribution in [3.8, 4) is 0 Å². The van der Waals surface area contributed by atoms with Gasteiger partial charge in [0.2, 0.25) is 5.91 Å². The van der Waals surface area contributed by atoms with E-state index >= 15 is 0 Å². The fraction of sp³-hybridized carbons (Fsp3) is 0.647. The minimum atomic E-state index is -0.117. The lowest BCUT2D eigenvalue weighted by atomic mass is 9.96. The molecule has 0 bridgehead atoms. The summed E-state index contributed by atoms with van der Waals surface area (Å²) in [6, 6.07) is 3.84. The molecular weight excluding hydrogens is 296 g/mol. The number of rotatable bonds is 6. The van der Waals surface area contributed by atoms with Gasteiger partial charge in [-0.1, -0.05) is 0 Å². The van der Waals surface area contributed by atoms with Crippen LogP contribution in [0.1, 0.15) is 37.4 Å². The number of carbonyl (C=O) groups excluding carboxylic acids is 1. The first-order chi connectivity index (χ1) is 11.3.